The molecule has 0 saturated carbocycles. The molecule has 1 aliphatic rings. The number of rotatable bonds is 8. The molecule has 1 heterocycles. The fraction of sp³-hybridized carbons (Fsp3) is 0.192. The van der Waals surface area contributed by atoms with Gasteiger partial charge in [0.2, 0.25) is 0 Å². The molecule has 1 N–H and O–H groups in total. The average molecular weight is 463 g/mol. The monoisotopic (exact) mass is 462 g/mol. The molecule has 1 atom stereocenters. The molecular formula is C26H23ClN2O4. The number of benzene rings is 2. The smallest absolute Gasteiger partial charge is 0.337 e. The van der Waals surface area contributed by atoms with Gasteiger partial charge in [-0.15, -0.1) is 0 Å². The van der Waals surface area contributed by atoms with E-state index in [-0.39, 0.29) is 25.2 Å². The maximum absolute atomic E-state index is 13.1. The van der Waals surface area contributed by atoms with E-state index in [1.54, 1.807) is 37.3 Å². The van der Waals surface area contributed by atoms with Gasteiger partial charge in [-0.3, -0.25) is 0 Å². The van der Waals surface area contributed by atoms with Crippen LogP contribution in [0.3, 0.4) is 0 Å². The second kappa shape index (κ2) is 11.7. The number of dihydropyridines is 1. The van der Waals surface area contributed by atoms with Crippen molar-refractivity contribution < 1.29 is 19.1 Å². The van der Waals surface area contributed by atoms with Crippen LogP contribution in [0.5, 0.6) is 0 Å². The Hall–Kier alpha value is -3.82. The van der Waals surface area contributed by atoms with E-state index < -0.39 is 17.9 Å². The fourth-order valence-corrected chi connectivity index (χ4v) is 3.62. The van der Waals surface area contributed by atoms with Gasteiger partial charge in [-0.1, -0.05) is 60.1 Å². The van der Waals surface area contributed by atoms with E-state index in [1.165, 1.54) is 6.20 Å². The molecule has 0 amide bonds. The summed E-state index contributed by atoms with van der Waals surface area (Å²) in [4.78, 5) is 25.9. The number of hydrogen-bond donors (Lipinski definition) is 1. The SMILES string of the molecule is CC1=C(C(=O)OCC=Cc2ccccc2)C(c2cccc(Cl)c2)C(C(=O)OCCC#N)=CN1. The summed E-state index contributed by atoms with van der Waals surface area (Å²) >= 11 is 6.19. The van der Waals surface area contributed by atoms with Crippen LogP contribution in [0.2, 0.25) is 5.02 Å². The van der Waals surface area contributed by atoms with Crippen LogP contribution in [0.4, 0.5) is 0 Å². The van der Waals surface area contributed by atoms with Crippen molar-refractivity contribution in [2.24, 2.45) is 0 Å². The third-order valence-corrected chi connectivity index (χ3v) is 5.19. The Balaban J connectivity index is 1.83. The Morgan fingerprint density at radius 1 is 1.12 bits per heavy atom. The summed E-state index contributed by atoms with van der Waals surface area (Å²) in [6.45, 7) is 1.77. The quantitative estimate of drug-likeness (QED) is 0.443. The third-order valence-electron chi connectivity index (χ3n) is 4.95. The number of halogens is 1. The minimum atomic E-state index is -0.731. The van der Waals surface area contributed by atoms with Crippen LogP contribution in [-0.4, -0.2) is 25.2 Å². The molecule has 1 aliphatic heterocycles. The zero-order chi connectivity index (χ0) is 23.6. The number of esters is 2. The second-order valence-electron chi connectivity index (χ2n) is 7.23. The summed E-state index contributed by atoms with van der Waals surface area (Å²) in [5, 5.41) is 12.2. The first-order valence-corrected chi connectivity index (χ1v) is 10.7. The molecule has 0 radical (unpaired) electrons. The Bertz CT molecular complexity index is 1150. The van der Waals surface area contributed by atoms with Gasteiger partial charge in [0, 0.05) is 16.9 Å². The number of hydrogen-bond acceptors (Lipinski definition) is 6. The van der Waals surface area contributed by atoms with Crippen molar-refractivity contribution in [3.63, 3.8) is 0 Å². The van der Waals surface area contributed by atoms with E-state index in [0.717, 1.165) is 5.56 Å². The third kappa shape index (κ3) is 6.34. The lowest BCUT2D eigenvalue weighted by Gasteiger charge is -2.27. The molecule has 2 aromatic carbocycles. The zero-order valence-electron chi connectivity index (χ0n) is 18.1. The minimum Gasteiger partial charge on any atom is -0.461 e. The van der Waals surface area contributed by atoms with E-state index in [1.807, 2.05) is 42.5 Å². The number of nitrogens with one attached hydrogen (secondary N) is 1. The summed E-state index contributed by atoms with van der Waals surface area (Å²) in [6, 6.07) is 18.5. The minimum absolute atomic E-state index is 0.0400. The number of nitrogens with zero attached hydrogens (tertiary/aromatic N) is 1. The molecule has 2 aromatic rings. The summed E-state index contributed by atoms with van der Waals surface area (Å²) in [7, 11) is 0. The topological polar surface area (TPSA) is 88.4 Å². The molecule has 0 aliphatic carbocycles. The van der Waals surface area contributed by atoms with Crippen LogP contribution < -0.4 is 5.32 Å². The zero-order valence-corrected chi connectivity index (χ0v) is 18.8. The Kier molecular flexibility index (Phi) is 8.45. The summed E-state index contributed by atoms with van der Waals surface area (Å²) < 4.78 is 10.7. The molecule has 0 bridgehead atoms. The normalized spacial score (nSPS) is 15.4. The number of allylic oxidation sites excluding steroid dienone is 1. The Labute approximate surface area is 197 Å². The molecule has 0 fully saturated rings. The van der Waals surface area contributed by atoms with E-state index >= 15 is 0 Å². The van der Waals surface area contributed by atoms with Crippen molar-refractivity contribution in [2.45, 2.75) is 19.3 Å². The molecule has 33 heavy (non-hydrogen) atoms. The van der Waals surface area contributed by atoms with Gasteiger partial charge in [-0.2, -0.15) is 5.26 Å². The second-order valence-corrected chi connectivity index (χ2v) is 7.66. The van der Waals surface area contributed by atoms with E-state index in [4.69, 9.17) is 26.3 Å². The lowest BCUT2D eigenvalue weighted by atomic mass is 9.82. The highest BCUT2D eigenvalue weighted by atomic mass is 35.5. The first kappa shape index (κ1) is 23.8. The molecule has 168 valence electrons. The summed E-state index contributed by atoms with van der Waals surface area (Å²) in [5.41, 5.74) is 2.72. The van der Waals surface area contributed by atoms with Crippen LogP contribution in [0.15, 0.2) is 83.7 Å². The first-order chi connectivity index (χ1) is 16.0. The van der Waals surface area contributed by atoms with E-state index in [0.29, 0.717) is 21.9 Å². The molecule has 1 unspecified atom stereocenters. The lowest BCUT2D eigenvalue weighted by molar-refractivity contribution is -0.139. The number of carbonyl (C=O) groups excluding carboxylic acids is 2. The predicted octanol–water partition coefficient (Wildman–Crippen LogP) is 4.90. The van der Waals surface area contributed by atoms with Gasteiger partial charge < -0.3 is 14.8 Å². The Morgan fingerprint density at radius 3 is 2.64 bits per heavy atom. The van der Waals surface area contributed by atoms with Gasteiger partial charge in [0.1, 0.15) is 13.2 Å². The molecule has 0 aromatic heterocycles. The van der Waals surface area contributed by atoms with Crippen LogP contribution >= 0.6 is 11.6 Å². The highest BCUT2D eigenvalue weighted by Crippen LogP contribution is 2.37. The number of nitriles is 1. The van der Waals surface area contributed by atoms with Gasteiger partial charge in [0.05, 0.1) is 29.6 Å². The van der Waals surface area contributed by atoms with Crippen molar-refractivity contribution in [2.75, 3.05) is 13.2 Å². The maximum atomic E-state index is 13.1. The predicted molar refractivity (Wildman–Crippen MR) is 126 cm³/mol. The maximum Gasteiger partial charge on any atom is 0.337 e. The van der Waals surface area contributed by atoms with Gasteiger partial charge in [0.25, 0.3) is 0 Å². The van der Waals surface area contributed by atoms with Gasteiger partial charge in [-0.05, 0) is 36.3 Å². The van der Waals surface area contributed by atoms with Crippen molar-refractivity contribution in [1.82, 2.24) is 5.32 Å². The van der Waals surface area contributed by atoms with Crippen LogP contribution in [0, 0.1) is 11.3 Å². The Morgan fingerprint density at radius 2 is 1.91 bits per heavy atom. The molecule has 3 rings (SSSR count). The molecule has 6 nitrogen and oxygen atoms in total. The van der Waals surface area contributed by atoms with E-state index in [2.05, 4.69) is 5.32 Å². The highest BCUT2D eigenvalue weighted by Gasteiger charge is 2.36. The van der Waals surface area contributed by atoms with Gasteiger partial charge in [-0.25, -0.2) is 9.59 Å². The average Bonchev–Trinajstić information content (AvgIpc) is 2.82. The van der Waals surface area contributed by atoms with Crippen molar-refractivity contribution >= 4 is 29.6 Å². The summed E-state index contributed by atoms with van der Waals surface area (Å²) in [5.74, 6) is -1.91. The molecule has 0 saturated heterocycles. The summed E-state index contributed by atoms with van der Waals surface area (Å²) in [6.07, 6.45) is 5.20. The van der Waals surface area contributed by atoms with Gasteiger partial charge in [0.15, 0.2) is 0 Å². The first-order valence-electron chi connectivity index (χ1n) is 10.4. The fourth-order valence-electron chi connectivity index (χ4n) is 3.42. The van der Waals surface area contributed by atoms with Crippen molar-refractivity contribution in [3.05, 3.63) is 99.9 Å². The van der Waals surface area contributed by atoms with E-state index in [9.17, 15) is 9.59 Å². The van der Waals surface area contributed by atoms with Crippen LogP contribution in [0.1, 0.15) is 30.4 Å². The van der Waals surface area contributed by atoms with Crippen LogP contribution in [-0.2, 0) is 19.1 Å². The molecular weight excluding hydrogens is 440 g/mol. The number of ether oxygens (including phenoxy) is 2. The van der Waals surface area contributed by atoms with Crippen LogP contribution in [0.25, 0.3) is 6.08 Å². The standard InChI is InChI=1S/C26H23ClN2O4/c1-18-23(26(31)33-14-6-10-19-8-3-2-4-9-19)24(20-11-5-12-21(27)16-20)22(17-29-18)25(30)32-15-7-13-28/h2-6,8-12,16-17,24,29H,7,14-15H2,1H3. The lowest BCUT2D eigenvalue weighted by Crippen LogP contribution is -2.30. The molecule has 0 spiro atoms. The largest absolute Gasteiger partial charge is 0.461 e. The van der Waals surface area contributed by atoms with Gasteiger partial charge >= 0.3 is 11.9 Å². The molecule has 7 heteroatoms. The number of carbonyl (C=O) groups is 2. The van der Waals surface area contributed by atoms with Crippen molar-refractivity contribution in [1.29, 1.82) is 5.26 Å². The highest BCUT2D eigenvalue weighted by molar-refractivity contribution is 6.30. The van der Waals surface area contributed by atoms with Crippen molar-refractivity contribution in [3.8, 4) is 6.07 Å².